The molecule has 2 N–H and O–H groups in total. The Labute approximate surface area is 125 Å². The number of halogens is 1. The first-order chi connectivity index (χ1) is 9.60. The van der Waals surface area contributed by atoms with Gasteiger partial charge in [-0.3, -0.25) is 10.1 Å². The van der Waals surface area contributed by atoms with Gasteiger partial charge in [0.1, 0.15) is 5.60 Å². The van der Waals surface area contributed by atoms with Gasteiger partial charge in [0, 0.05) is 16.7 Å². The summed E-state index contributed by atoms with van der Waals surface area (Å²) < 4.78 is 4.93. The van der Waals surface area contributed by atoms with Crippen molar-refractivity contribution in [2.24, 2.45) is 5.10 Å². The summed E-state index contributed by atoms with van der Waals surface area (Å²) in [5, 5.41) is 24.0. The molecule has 9 heteroatoms. The smallest absolute Gasteiger partial charge is 0.428 e. The van der Waals surface area contributed by atoms with Gasteiger partial charge in [0.05, 0.1) is 11.1 Å². The monoisotopic (exact) mass is 315 g/mol. The Kier molecular flexibility index (Phi) is 5.09. The normalized spacial score (nSPS) is 11.4. The summed E-state index contributed by atoms with van der Waals surface area (Å²) >= 11 is 5.71. The van der Waals surface area contributed by atoms with E-state index in [1.54, 1.807) is 20.8 Å². The van der Waals surface area contributed by atoms with E-state index in [2.05, 4.69) is 10.5 Å². The van der Waals surface area contributed by atoms with Crippen LogP contribution >= 0.6 is 11.6 Å². The second-order valence-corrected chi connectivity index (χ2v) is 5.43. The van der Waals surface area contributed by atoms with Gasteiger partial charge in [-0.15, -0.1) is 0 Å². The molecule has 1 aromatic carbocycles. The number of hydrogen-bond acceptors (Lipinski definition) is 6. The molecule has 0 aliphatic heterocycles. The maximum Gasteiger partial charge on any atom is 0.428 e. The molecule has 1 amide bonds. The molecule has 0 saturated heterocycles. The fourth-order valence-corrected chi connectivity index (χ4v) is 1.52. The number of nitrogens with one attached hydrogen (secondary N) is 1. The van der Waals surface area contributed by atoms with Crippen molar-refractivity contribution in [2.75, 3.05) is 0 Å². The van der Waals surface area contributed by atoms with Crippen LogP contribution in [0.3, 0.4) is 0 Å². The van der Waals surface area contributed by atoms with Gasteiger partial charge in [-0.2, -0.15) is 5.10 Å². The summed E-state index contributed by atoms with van der Waals surface area (Å²) in [7, 11) is 0. The Morgan fingerprint density at radius 2 is 2.14 bits per heavy atom. The molecule has 0 bridgehead atoms. The molecule has 0 aliphatic carbocycles. The maximum absolute atomic E-state index is 11.3. The first-order valence-electron chi connectivity index (χ1n) is 5.79. The number of amides is 1. The van der Waals surface area contributed by atoms with Crippen LogP contribution in [0, 0.1) is 10.1 Å². The minimum atomic E-state index is -0.797. The number of phenolic OH excluding ortho intramolecular Hbond substituents is 1. The summed E-state index contributed by atoms with van der Waals surface area (Å²) in [5.41, 5.74) is 0.820. The number of ether oxygens (including phenoxy) is 1. The molecule has 0 saturated carbocycles. The fourth-order valence-electron chi connectivity index (χ4n) is 1.30. The SMILES string of the molecule is CC(C)(C)OC(=O)N/N=C/c1cc(Cl)cc([N+](=O)[O-])c1O. The van der Waals surface area contributed by atoms with E-state index >= 15 is 0 Å². The molecule has 0 fully saturated rings. The van der Waals surface area contributed by atoms with Crippen molar-refractivity contribution < 1.29 is 19.6 Å². The molecule has 1 aromatic rings. The number of nitro benzene ring substituents is 1. The van der Waals surface area contributed by atoms with E-state index in [9.17, 15) is 20.0 Å². The molecule has 0 heterocycles. The summed E-state index contributed by atoms with van der Waals surface area (Å²) in [4.78, 5) is 21.3. The first kappa shape index (κ1) is 16.7. The summed E-state index contributed by atoms with van der Waals surface area (Å²) in [6.45, 7) is 5.05. The number of benzene rings is 1. The Hall–Kier alpha value is -2.35. The maximum atomic E-state index is 11.3. The topological polar surface area (TPSA) is 114 Å². The van der Waals surface area contributed by atoms with E-state index in [0.717, 1.165) is 12.3 Å². The number of hydrazone groups is 1. The average molecular weight is 316 g/mol. The van der Waals surface area contributed by atoms with Crippen LogP contribution in [-0.4, -0.2) is 27.9 Å². The van der Waals surface area contributed by atoms with Crippen LogP contribution in [0.2, 0.25) is 5.02 Å². The number of nitro groups is 1. The van der Waals surface area contributed by atoms with Crippen LogP contribution in [0.25, 0.3) is 0 Å². The van der Waals surface area contributed by atoms with Crippen molar-refractivity contribution in [3.05, 3.63) is 32.8 Å². The van der Waals surface area contributed by atoms with E-state index in [1.807, 2.05) is 0 Å². The van der Waals surface area contributed by atoms with Crippen molar-refractivity contribution in [2.45, 2.75) is 26.4 Å². The lowest BCUT2D eigenvalue weighted by Crippen LogP contribution is -2.29. The van der Waals surface area contributed by atoms with Gasteiger partial charge in [0.2, 0.25) is 5.75 Å². The number of rotatable bonds is 3. The highest BCUT2D eigenvalue weighted by molar-refractivity contribution is 6.31. The Morgan fingerprint density at radius 3 is 2.67 bits per heavy atom. The highest BCUT2D eigenvalue weighted by atomic mass is 35.5. The minimum Gasteiger partial charge on any atom is -0.502 e. The van der Waals surface area contributed by atoms with Crippen LogP contribution in [-0.2, 0) is 4.74 Å². The van der Waals surface area contributed by atoms with Gasteiger partial charge >= 0.3 is 11.8 Å². The fraction of sp³-hybridized carbons (Fsp3) is 0.333. The van der Waals surface area contributed by atoms with Crippen molar-refractivity contribution in [1.29, 1.82) is 0 Å². The van der Waals surface area contributed by atoms with Crippen molar-refractivity contribution in [1.82, 2.24) is 5.43 Å². The Balaban J connectivity index is 2.86. The zero-order valence-corrected chi connectivity index (χ0v) is 12.3. The van der Waals surface area contributed by atoms with Gasteiger partial charge in [0.15, 0.2) is 0 Å². The quantitative estimate of drug-likeness (QED) is 0.505. The van der Waals surface area contributed by atoms with Gasteiger partial charge < -0.3 is 9.84 Å². The lowest BCUT2D eigenvalue weighted by Gasteiger charge is -2.18. The van der Waals surface area contributed by atoms with E-state index in [1.165, 1.54) is 6.07 Å². The molecule has 8 nitrogen and oxygen atoms in total. The molecule has 1 rings (SSSR count). The molecule has 0 spiro atoms. The number of carbonyl (C=O) groups is 1. The largest absolute Gasteiger partial charge is 0.502 e. The van der Waals surface area contributed by atoms with Crippen LogP contribution in [0.1, 0.15) is 26.3 Å². The molecule has 21 heavy (non-hydrogen) atoms. The van der Waals surface area contributed by atoms with Gasteiger partial charge in [0.25, 0.3) is 0 Å². The Bertz CT molecular complexity index is 595. The van der Waals surface area contributed by atoms with Crippen LogP contribution < -0.4 is 5.43 Å². The molecule has 0 radical (unpaired) electrons. The van der Waals surface area contributed by atoms with Crippen LogP contribution in [0.4, 0.5) is 10.5 Å². The van der Waals surface area contributed by atoms with E-state index in [-0.39, 0.29) is 10.6 Å². The first-order valence-corrected chi connectivity index (χ1v) is 6.17. The second kappa shape index (κ2) is 6.40. The highest BCUT2D eigenvalue weighted by Crippen LogP contribution is 2.32. The third kappa shape index (κ3) is 5.27. The molecule has 0 aromatic heterocycles. The average Bonchev–Trinajstić information content (AvgIpc) is 2.30. The third-order valence-electron chi connectivity index (χ3n) is 2.04. The summed E-state index contributed by atoms with van der Waals surface area (Å²) in [5.74, 6) is -0.598. The van der Waals surface area contributed by atoms with E-state index in [4.69, 9.17) is 16.3 Å². The third-order valence-corrected chi connectivity index (χ3v) is 2.26. The standard InChI is InChI=1S/C12H14ClN3O5/c1-12(2,3)21-11(18)15-14-6-7-4-8(13)5-9(10(7)17)16(19)20/h4-6,17H,1-3H3,(H,15,18)/b14-6+. The molecular formula is C12H14ClN3O5. The van der Waals surface area contributed by atoms with Crippen molar-refractivity contribution in [3.63, 3.8) is 0 Å². The zero-order valence-electron chi connectivity index (χ0n) is 11.6. The van der Waals surface area contributed by atoms with Gasteiger partial charge in [-0.05, 0) is 26.8 Å². The predicted octanol–water partition coefficient (Wildman–Crippen LogP) is 2.81. The number of aromatic hydroxyl groups is 1. The van der Waals surface area contributed by atoms with Crippen molar-refractivity contribution >= 4 is 29.6 Å². The lowest BCUT2D eigenvalue weighted by molar-refractivity contribution is -0.385. The van der Waals surface area contributed by atoms with E-state index < -0.39 is 28.1 Å². The van der Waals surface area contributed by atoms with Crippen molar-refractivity contribution in [3.8, 4) is 5.75 Å². The number of carbonyl (C=O) groups excluding carboxylic acids is 1. The van der Waals surface area contributed by atoms with Gasteiger partial charge in [-0.1, -0.05) is 11.6 Å². The number of phenols is 1. The van der Waals surface area contributed by atoms with E-state index in [0.29, 0.717) is 0 Å². The molecule has 0 atom stereocenters. The molecule has 114 valence electrons. The number of nitrogens with zero attached hydrogens (tertiary/aromatic N) is 2. The zero-order chi connectivity index (χ0) is 16.2. The summed E-state index contributed by atoms with van der Waals surface area (Å²) in [6, 6.07) is 2.28. The van der Waals surface area contributed by atoms with Gasteiger partial charge in [-0.25, -0.2) is 10.2 Å². The van der Waals surface area contributed by atoms with Crippen LogP contribution in [0.5, 0.6) is 5.75 Å². The summed E-state index contributed by atoms with van der Waals surface area (Å²) in [6.07, 6.45) is 0.229. The molecular weight excluding hydrogens is 302 g/mol. The highest BCUT2D eigenvalue weighted by Gasteiger charge is 2.18. The minimum absolute atomic E-state index is 0.00902. The predicted molar refractivity (Wildman–Crippen MR) is 76.7 cm³/mol. The second-order valence-electron chi connectivity index (χ2n) is 4.99. The molecule has 0 unspecified atom stereocenters. The Morgan fingerprint density at radius 1 is 1.52 bits per heavy atom. The molecule has 0 aliphatic rings. The number of hydrogen-bond donors (Lipinski definition) is 2. The van der Waals surface area contributed by atoms with Crippen LogP contribution in [0.15, 0.2) is 17.2 Å². The lowest BCUT2D eigenvalue weighted by atomic mass is 10.2.